The van der Waals surface area contributed by atoms with Crippen LogP contribution in [-0.4, -0.2) is 29.9 Å². The molecule has 56 valence electrons. The average Bonchev–Trinajstić information content (AvgIpc) is 1.81. The summed E-state index contributed by atoms with van der Waals surface area (Å²) in [5.41, 5.74) is 0. The summed E-state index contributed by atoms with van der Waals surface area (Å²) < 4.78 is 5.37. The normalized spacial score (nSPS) is 8.30. The Morgan fingerprint density at radius 2 is 1.70 bits per heavy atom. The van der Waals surface area contributed by atoms with Crippen LogP contribution < -0.4 is 0 Å². The second kappa shape index (κ2) is 3.76. The summed E-state index contributed by atoms with van der Waals surface area (Å²) >= 11 is 0. The number of methoxy groups -OCH3 is 1. The molecule has 0 saturated heterocycles. The lowest BCUT2D eigenvalue weighted by atomic mass is 10.6. The highest BCUT2D eigenvalue weighted by Crippen LogP contribution is 1.77. The maximum atomic E-state index is 10.6. The highest BCUT2D eigenvalue weighted by Gasteiger charge is 2.16. The minimum absolute atomic E-state index is 0.352. The number of nitrogens with zero attached hydrogens (tertiary/aromatic N) is 1. The summed E-state index contributed by atoms with van der Waals surface area (Å²) in [4.78, 5) is 21.1. The predicted octanol–water partition coefficient (Wildman–Crippen LogP) is -0.233. The van der Waals surface area contributed by atoms with E-state index in [1.54, 1.807) is 0 Å². The zero-order chi connectivity index (χ0) is 8.15. The summed E-state index contributed by atoms with van der Waals surface area (Å²) in [7, 11) is 1.37. The second-order valence-electron chi connectivity index (χ2n) is 1.75. The average molecular weight is 144 g/mol. The Labute approximate surface area is 59.1 Å². The van der Waals surface area contributed by atoms with Crippen LogP contribution in [0, 0.1) is 0 Å². The van der Waals surface area contributed by atoms with Crippen molar-refractivity contribution in [2.45, 2.75) is 13.8 Å². The Hall–Kier alpha value is -1.19. The lowest BCUT2D eigenvalue weighted by Crippen LogP contribution is -2.24. The van der Waals surface area contributed by atoms with Crippen LogP contribution in [0.3, 0.4) is 0 Å². The zero-order valence-corrected chi connectivity index (χ0v) is 6.25. The molecule has 0 radical (unpaired) electrons. The Kier molecular flexibility index (Phi) is 3.32. The van der Waals surface area contributed by atoms with Crippen molar-refractivity contribution in [3.05, 3.63) is 0 Å². The number of rotatable bonds is 1. The van der Waals surface area contributed by atoms with Gasteiger partial charge in [0, 0.05) is 0 Å². The SMILES string of the molecule is COC=[N+](C(C)=O)C(C)=O. The van der Waals surface area contributed by atoms with E-state index in [2.05, 4.69) is 4.74 Å². The van der Waals surface area contributed by atoms with Crippen LogP contribution in [0.15, 0.2) is 0 Å². The molecule has 0 atom stereocenters. The van der Waals surface area contributed by atoms with E-state index < -0.39 is 0 Å². The number of hydrogen-bond acceptors (Lipinski definition) is 3. The van der Waals surface area contributed by atoms with Gasteiger partial charge in [-0.1, -0.05) is 4.58 Å². The minimum Gasteiger partial charge on any atom is -0.453 e. The van der Waals surface area contributed by atoms with Gasteiger partial charge in [0.15, 0.2) is 0 Å². The van der Waals surface area contributed by atoms with Crippen molar-refractivity contribution in [1.82, 2.24) is 0 Å². The van der Waals surface area contributed by atoms with Gasteiger partial charge in [0.1, 0.15) is 0 Å². The van der Waals surface area contributed by atoms with Crippen LogP contribution in [0.5, 0.6) is 0 Å². The minimum atomic E-state index is -0.352. The molecule has 0 fully saturated rings. The fourth-order valence-corrected chi connectivity index (χ4v) is 0.476. The smallest absolute Gasteiger partial charge is 0.394 e. The van der Waals surface area contributed by atoms with E-state index >= 15 is 0 Å². The number of carbonyl (C=O) groups is 2. The highest BCUT2D eigenvalue weighted by molar-refractivity contribution is 5.82. The first-order valence-corrected chi connectivity index (χ1v) is 2.76. The van der Waals surface area contributed by atoms with Gasteiger partial charge in [0.05, 0.1) is 21.0 Å². The van der Waals surface area contributed by atoms with Gasteiger partial charge in [-0.2, -0.15) is 0 Å². The van der Waals surface area contributed by atoms with Gasteiger partial charge < -0.3 is 4.74 Å². The Morgan fingerprint density at radius 1 is 1.30 bits per heavy atom. The molecular weight excluding hydrogens is 134 g/mol. The molecule has 0 heterocycles. The van der Waals surface area contributed by atoms with Gasteiger partial charge in [-0.05, 0) is 0 Å². The van der Waals surface area contributed by atoms with E-state index in [-0.39, 0.29) is 11.8 Å². The fraction of sp³-hybridized carbons (Fsp3) is 0.500. The van der Waals surface area contributed by atoms with Gasteiger partial charge >= 0.3 is 18.2 Å². The second-order valence-corrected chi connectivity index (χ2v) is 1.75. The van der Waals surface area contributed by atoms with E-state index in [4.69, 9.17) is 0 Å². The molecule has 0 N–H and O–H groups in total. The van der Waals surface area contributed by atoms with Crippen LogP contribution >= 0.6 is 0 Å². The van der Waals surface area contributed by atoms with Crippen LogP contribution in [-0.2, 0) is 14.3 Å². The highest BCUT2D eigenvalue weighted by atomic mass is 16.5. The molecule has 0 aromatic rings. The topological polar surface area (TPSA) is 46.4 Å². The molecule has 0 unspecified atom stereocenters. The van der Waals surface area contributed by atoms with Crippen LogP contribution in [0.1, 0.15) is 13.8 Å². The van der Waals surface area contributed by atoms with Crippen molar-refractivity contribution in [2.75, 3.05) is 7.11 Å². The first-order valence-electron chi connectivity index (χ1n) is 2.76. The largest absolute Gasteiger partial charge is 0.453 e. The van der Waals surface area contributed by atoms with Crippen molar-refractivity contribution < 1.29 is 18.9 Å². The van der Waals surface area contributed by atoms with Crippen LogP contribution in [0.4, 0.5) is 0 Å². The third-order valence-electron chi connectivity index (χ3n) is 0.889. The molecule has 0 aliphatic heterocycles. The molecule has 0 aromatic heterocycles. The van der Waals surface area contributed by atoms with Gasteiger partial charge in [-0.15, -0.1) is 0 Å². The quantitative estimate of drug-likeness (QED) is 0.290. The third kappa shape index (κ3) is 2.39. The predicted molar refractivity (Wildman–Crippen MR) is 34.7 cm³/mol. The van der Waals surface area contributed by atoms with Crippen molar-refractivity contribution in [3.63, 3.8) is 0 Å². The molecule has 2 amide bonds. The molecule has 10 heavy (non-hydrogen) atoms. The number of amides is 2. The lowest BCUT2D eigenvalue weighted by Gasteiger charge is -1.88. The van der Waals surface area contributed by atoms with Crippen molar-refractivity contribution in [2.24, 2.45) is 0 Å². The Bertz CT molecular complexity index is 167. The number of hydrogen-bond donors (Lipinski definition) is 0. The molecule has 4 heteroatoms. The fourth-order valence-electron chi connectivity index (χ4n) is 0.476. The van der Waals surface area contributed by atoms with E-state index in [9.17, 15) is 9.59 Å². The van der Waals surface area contributed by atoms with E-state index in [0.29, 0.717) is 0 Å². The van der Waals surface area contributed by atoms with Crippen LogP contribution in [0.2, 0.25) is 0 Å². The van der Waals surface area contributed by atoms with Gasteiger partial charge in [0.25, 0.3) is 0 Å². The Morgan fingerprint density at radius 3 is 1.80 bits per heavy atom. The summed E-state index contributed by atoms with van der Waals surface area (Å²) in [6.45, 7) is 2.58. The number of carbonyl (C=O) groups excluding carboxylic acids is 2. The molecule has 4 nitrogen and oxygen atoms in total. The maximum Gasteiger partial charge on any atom is 0.394 e. The van der Waals surface area contributed by atoms with Gasteiger partial charge in [-0.3, -0.25) is 0 Å². The molecule has 0 spiro atoms. The molecule has 0 saturated carbocycles. The third-order valence-corrected chi connectivity index (χ3v) is 0.889. The van der Waals surface area contributed by atoms with E-state index in [1.165, 1.54) is 21.0 Å². The molecule has 0 aromatic carbocycles. The summed E-state index contributed by atoms with van der Waals surface area (Å²) in [5, 5.41) is 0. The molecule has 0 bridgehead atoms. The monoisotopic (exact) mass is 144 g/mol. The number of ether oxygens (including phenoxy) is 1. The van der Waals surface area contributed by atoms with Gasteiger partial charge in [-0.25, -0.2) is 9.59 Å². The van der Waals surface area contributed by atoms with Crippen LogP contribution in [0.25, 0.3) is 0 Å². The molecule has 0 aliphatic carbocycles. The first-order chi connectivity index (χ1) is 4.59. The molecule has 0 rings (SSSR count). The van der Waals surface area contributed by atoms with Crippen molar-refractivity contribution >= 4 is 18.2 Å². The van der Waals surface area contributed by atoms with Crippen molar-refractivity contribution in [3.8, 4) is 0 Å². The van der Waals surface area contributed by atoms with E-state index in [1.807, 2.05) is 0 Å². The number of imide groups is 1. The summed E-state index contributed by atoms with van der Waals surface area (Å²) in [5.74, 6) is -0.705. The standard InChI is InChI=1S/C6H10NO3/c1-5(8)7(4-10-3)6(2)9/h4H,1-3H3/q+1. The van der Waals surface area contributed by atoms with Crippen molar-refractivity contribution in [1.29, 1.82) is 0 Å². The summed E-state index contributed by atoms with van der Waals surface area (Å²) in [6, 6.07) is 0. The maximum absolute atomic E-state index is 10.6. The van der Waals surface area contributed by atoms with Gasteiger partial charge in [0.2, 0.25) is 0 Å². The zero-order valence-electron chi connectivity index (χ0n) is 6.25. The molecular formula is C6H10NO3+. The van der Waals surface area contributed by atoms with E-state index in [0.717, 1.165) is 11.0 Å². The summed E-state index contributed by atoms with van der Waals surface area (Å²) in [6.07, 6.45) is 1.07. The Balaban J connectivity index is 4.42. The first kappa shape index (κ1) is 8.81. The molecule has 0 aliphatic rings. The lowest BCUT2D eigenvalue weighted by molar-refractivity contribution is -0.383.